The van der Waals surface area contributed by atoms with Gasteiger partial charge in [0.15, 0.2) is 0 Å². The van der Waals surface area contributed by atoms with Crippen molar-refractivity contribution >= 4 is 48.7 Å². The van der Waals surface area contributed by atoms with Crippen LogP contribution in [0, 0.1) is 22.9 Å². The molecular weight excluding hydrogens is 387 g/mol. The number of halogens is 2. The Bertz CT molecular complexity index is 800. The minimum absolute atomic E-state index is 0.0159. The lowest BCUT2D eigenvalue weighted by Crippen LogP contribution is -2.12. The molecule has 0 saturated carbocycles. The van der Waals surface area contributed by atoms with Crippen LogP contribution in [0.3, 0.4) is 0 Å². The number of thiophene rings is 1. The van der Waals surface area contributed by atoms with E-state index >= 15 is 0 Å². The van der Waals surface area contributed by atoms with E-state index in [2.05, 4.69) is 15.9 Å². The van der Waals surface area contributed by atoms with Gasteiger partial charge in [-0.05, 0) is 40.5 Å². The Morgan fingerprint density at radius 2 is 2.05 bits per heavy atom. The van der Waals surface area contributed by atoms with Crippen molar-refractivity contribution in [3.8, 4) is 0 Å². The highest BCUT2D eigenvalue weighted by Crippen LogP contribution is 2.32. The number of aryl methyl sites for hydroxylation is 1. The monoisotopic (exact) mass is 394 g/mol. The zero-order valence-electron chi connectivity index (χ0n) is 10.5. The molecule has 2 rings (SSSR count). The molecule has 1 N–H and O–H groups in total. The number of nitrogens with zero attached hydrogens (tertiary/aromatic N) is 1. The number of non-ortho nitro benzene ring substituents is 1. The van der Waals surface area contributed by atoms with Crippen molar-refractivity contribution in [1.29, 1.82) is 0 Å². The Morgan fingerprint density at radius 3 is 2.57 bits per heavy atom. The number of sulfonamides is 1. The summed E-state index contributed by atoms with van der Waals surface area (Å²) in [6, 6.07) is 4.05. The summed E-state index contributed by atoms with van der Waals surface area (Å²) in [4.78, 5) is 9.92. The summed E-state index contributed by atoms with van der Waals surface area (Å²) in [5.74, 6) is -0.892. The number of hydrogen-bond acceptors (Lipinski definition) is 5. The number of hydrogen-bond donors (Lipinski definition) is 1. The first kappa shape index (κ1) is 15.9. The molecule has 0 amide bonds. The number of nitro groups is 1. The molecule has 21 heavy (non-hydrogen) atoms. The molecule has 112 valence electrons. The SMILES string of the molecule is Cc1cc(S(=O)(=O)Nc2cc([N+](=O)[O-])ccc2F)sc1Br. The van der Waals surface area contributed by atoms with Crippen LogP contribution in [0.2, 0.25) is 0 Å². The van der Waals surface area contributed by atoms with Crippen LogP contribution in [-0.4, -0.2) is 13.3 Å². The third-order valence-corrected chi connectivity index (χ3v) is 6.48. The van der Waals surface area contributed by atoms with Crippen molar-refractivity contribution in [2.75, 3.05) is 4.72 Å². The molecule has 6 nitrogen and oxygen atoms in total. The fourth-order valence-corrected chi connectivity index (χ4v) is 4.75. The molecule has 0 unspecified atom stereocenters. The van der Waals surface area contributed by atoms with Gasteiger partial charge in [-0.3, -0.25) is 14.8 Å². The van der Waals surface area contributed by atoms with Gasteiger partial charge in [0.05, 0.1) is 14.4 Å². The normalized spacial score (nSPS) is 11.4. The molecular formula is C11H8BrFN2O4S2. The Kier molecular flexibility index (Phi) is 4.30. The largest absolute Gasteiger partial charge is 0.276 e. The van der Waals surface area contributed by atoms with Crippen molar-refractivity contribution in [1.82, 2.24) is 0 Å². The molecule has 2 aromatic rings. The van der Waals surface area contributed by atoms with E-state index < -0.39 is 32.1 Å². The molecule has 0 bridgehead atoms. The minimum atomic E-state index is -4.00. The van der Waals surface area contributed by atoms with E-state index in [1.54, 1.807) is 6.92 Å². The highest BCUT2D eigenvalue weighted by atomic mass is 79.9. The van der Waals surface area contributed by atoms with Crippen molar-refractivity contribution in [2.24, 2.45) is 0 Å². The van der Waals surface area contributed by atoms with Crippen LogP contribution in [-0.2, 0) is 10.0 Å². The van der Waals surface area contributed by atoms with E-state index in [0.717, 1.165) is 35.1 Å². The third kappa shape index (κ3) is 3.39. The lowest BCUT2D eigenvalue weighted by atomic mass is 10.3. The van der Waals surface area contributed by atoms with Crippen LogP contribution in [0.1, 0.15) is 5.56 Å². The zero-order chi connectivity index (χ0) is 15.8. The second-order valence-electron chi connectivity index (χ2n) is 4.05. The Balaban J connectivity index is 2.41. The lowest BCUT2D eigenvalue weighted by molar-refractivity contribution is -0.384. The van der Waals surface area contributed by atoms with Crippen LogP contribution >= 0.6 is 27.3 Å². The third-order valence-electron chi connectivity index (χ3n) is 2.50. The summed E-state index contributed by atoms with van der Waals surface area (Å²) in [5.41, 5.74) is -0.149. The van der Waals surface area contributed by atoms with Gasteiger partial charge < -0.3 is 0 Å². The average molecular weight is 395 g/mol. The zero-order valence-corrected chi connectivity index (χ0v) is 13.7. The summed E-state index contributed by atoms with van der Waals surface area (Å²) < 4.78 is 40.5. The summed E-state index contributed by atoms with van der Waals surface area (Å²) in [6.45, 7) is 1.72. The molecule has 0 atom stereocenters. The van der Waals surface area contributed by atoms with Gasteiger partial charge in [-0.25, -0.2) is 12.8 Å². The van der Waals surface area contributed by atoms with Crippen LogP contribution in [0.15, 0.2) is 32.3 Å². The molecule has 0 aliphatic rings. The van der Waals surface area contributed by atoms with Crippen molar-refractivity contribution in [3.63, 3.8) is 0 Å². The van der Waals surface area contributed by atoms with E-state index in [0.29, 0.717) is 3.79 Å². The quantitative estimate of drug-likeness (QED) is 0.632. The van der Waals surface area contributed by atoms with Crippen LogP contribution in [0.4, 0.5) is 15.8 Å². The Labute approximate surface area is 131 Å². The second-order valence-corrected chi connectivity index (χ2v) is 8.33. The minimum Gasteiger partial charge on any atom is -0.276 e. The summed E-state index contributed by atoms with van der Waals surface area (Å²) >= 11 is 4.17. The standard InChI is InChI=1S/C11H8BrFN2O4S2/c1-6-4-10(20-11(6)12)21(18,19)14-9-5-7(15(16)17)2-3-8(9)13/h2-5,14H,1H3. The van der Waals surface area contributed by atoms with Crippen LogP contribution in [0.25, 0.3) is 0 Å². The van der Waals surface area contributed by atoms with Gasteiger partial charge in [0.2, 0.25) is 0 Å². The van der Waals surface area contributed by atoms with Gasteiger partial charge >= 0.3 is 0 Å². The van der Waals surface area contributed by atoms with E-state index in [-0.39, 0.29) is 4.21 Å². The number of rotatable bonds is 4. The summed E-state index contributed by atoms with van der Waals surface area (Å²) in [7, 11) is -4.00. The van der Waals surface area contributed by atoms with E-state index in [1.165, 1.54) is 6.07 Å². The maximum absolute atomic E-state index is 13.6. The van der Waals surface area contributed by atoms with E-state index in [4.69, 9.17) is 0 Å². The van der Waals surface area contributed by atoms with Crippen molar-refractivity contribution in [3.05, 3.63) is 49.5 Å². The lowest BCUT2D eigenvalue weighted by Gasteiger charge is -2.07. The maximum atomic E-state index is 13.6. The first-order valence-corrected chi connectivity index (χ1v) is 8.52. The van der Waals surface area contributed by atoms with E-state index in [9.17, 15) is 22.9 Å². The predicted octanol–water partition coefficient (Wildman–Crippen LogP) is 3.67. The van der Waals surface area contributed by atoms with Gasteiger partial charge in [-0.15, -0.1) is 11.3 Å². The molecule has 10 heteroatoms. The number of nitrogens with one attached hydrogen (secondary N) is 1. The van der Waals surface area contributed by atoms with Gasteiger partial charge in [0, 0.05) is 12.1 Å². The fraction of sp³-hybridized carbons (Fsp3) is 0.0909. The van der Waals surface area contributed by atoms with Crippen LogP contribution < -0.4 is 4.72 Å². The van der Waals surface area contributed by atoms with Gasteiger partial charge in [0.1, 0.15) is 10.0 Å². The fourth-order valence-electron chi connectivity index (χ4n) is 1.46. The Hall–Kier alpha value is -1.52. The average Bonchev–Trinajstić information content (AvgIpc) is 2.73. The molecule has 1 heterocycles. The molecule has 0 radical (unpaired) electrons. The molecule has 0 saturated heterocycles. The molecule has 0 spiro atoms. The van der Waals surface area contributed by atoms with Crippen molar-refractivity contribution in [2.45, 2.75) is 11.1 Å². The summed E-state index contributed by atoms with van der Waals surface area (Å²) in [6.07, 6.45) is 0. The summed E-state index contributed by atoms with van der Waals surface area (Å²) in [5, 5.41) is 10.6. The predicted molar refractivity (Wildman–Crippen MR) is 80.6 cm³/mol. The Morgan fingerprint density at radius 1 is 1.38 bits per heavy atom. The van der Waals surface area contributed by atoms with Gasteiger partial charge in [-0.1, -0.05) is 0 Å². The van der Waals surface area contributed by atoms with Crippen LogP contribution in [0.5, 0.6) is 0 Å². The molecule has 0 fully saturated rings. The maximum Gasteiger partial charge on any atom is 0.271 e. The highest BCUT2D eigenvalue weighted by molar-refractivity contribution is 9.11. The van der Waals surface area contributed by atoms with E-state index in [1.807, 2.05) is 4.72 Å². The smallest absolute Gasteiger partial charge is 0.271 e. The number of benzene rings is 1. The molecule has 1 aromatic heterocycles. The number of nitro benzene ring substituents is 1. The highest BCUT2D eigenvalue weighted by Gasteiger charge is 2.21. The van der Waals surface area contributed by atoms with Crippen molar-refractivity contribution < 1.29 is 17.7 Å². The number of anilines is 1. The van der Waals surface area contributed by atoms with Gasteiger partial charge in [-0.2, -0.15) is 0 Å². The molecule has 0 aliphatic carbocycles. The first-order valence-electron chi connectivity index (χ1n) is 5.43. The first-order chi connectivity index (χ1) is 9.70. The topological polar surface area (TPSA) is 89.3 Å². The van der Waals surface area contributed by atoms with Gasteiger partial charge in [0.25, 0.3) is 15.7 Å². The molecule has 1 aromatic carbocycles. The second kappa shape index (κ2) is 5.70. The molecule has 0 aliphatic heterocycles.